The summed E-state index contributed by atoms with van der Waals surface area (Å²) >= 11 is 0. The molecule has 0 heterocycles. The summed E-state index contributed by atoms with van der Waals surface area (Å²) in [6.07, 6.45) is -0.510. The summed E-state index contributed by atoms with van der Waals surface area (Å²) in [6.45, 7) is 0.592. The van der Waals surface area contributed by atoms with E-state index in [1.54, 1.807) is 31.4 Å². The van der Waals surface area contributed by atoms with E-state index in [-0.39, 0.29) is 6.61 Å². The summed E-state index contributed by atoms with van der Waals surface area (Å²) in [5.41, 5.74) is 0.637. The second-order valence-electron chi connectivity index (χ2n) is 4.19. The highest BCUT2D eigenvalue weighted by Gasteiger charge is 2.03. The van der Waals surface area contributed by atoms with Gasteiger partial charge in [-0.3, -0.25) is 5.32 Å². The number of ether oxygens (including phenoxy) is 3. The third-order valence-electron chi connectivity index (χ3n) is 2.60. The number of rotatable bonds is 6. The molecule has 1 amide bonds. The molecule has 0 aliphatic carbocycles. The molecular formula is C16H17NO4. The summed E-state index contributed by atoms with van der Waals surface area (Å²) in [5.74, 6) is 1.46. The zero-order chi connectivity index (χ0) is 14.9. The molecule has 0 spiro atoms. The molecule has 2 aromatic rings. The number of amides is 1. The van der Waals surface area contributed by atoms with Gasteiger partial charge in [0.2, 0.25) is 0 Å². The number of carbonyl (C=O) groups is 1. The quantitative estimate of drug-likeness (QED) is 0.823. The average Bonchev–Trinajstić information content (AvgIpc) is 2.51. The van der Waals surface area contributed by atoms with Gasteiger partial charge in [0.05, 0.1) is 6.61 Å². The number of carbonyl (C=O) groups excluding carboxylic acids is 1. The Morgan fingerprint density at radius 1 is 0.952 bits per heavy atom. The topological polar surface area (TPSA) is 56.8 Å². The van der Waals surface area contributed by atoms with E-state index in [1.807, 2.05) is 30.3 Å². The Kier molecular flexibility index (Phi) is 5.60. The van der Waals surface area contributed by atoms with Crippen molar-refractivity contribution in [2.24, 2.45) is 0 Å². The average molecular weight is 287 g/mol. The Hall–Kier alpha value is -2.53. The van der Waals surface area contributed by atoms with Crippen molar-refractivity contribution in [3.63, 3.8) is 0 Å². The van der Waals surface area contributed by atoms with Crippen molar-refractivity contribution in [3.8, 4) is 11.5 Å². The Morgan fingerprint density at radius 3 is 2.29 bits per heavy atom. The second-order valence-corrected chi connectivity index (χ2v) is 4.19. The molecule has 0 bridgehead atoms. The van der Waals surface area contributed by atoms with Gasteiger partial charge >= 0.3 is 6.09 Å². The molecule has 5 heteroatoms. The molecule has 0 unspecified atom stereocenters. The van der Waals surface area contributed by atoms with Crippen molar-refractivity contribution in [1.29, 1.82) is 0 Å². The third kappa shape index (κ3) is 5.16. The minimum Gasteiger partial charge on any atom is -0.457 e. The zero-order valence-corrected chi connectivity index (χ0v) is 11.7. The van der Waals surface area contributed by atoms with Gasteiger partial charge in [-0.05, 0) is 36.4 Å². The van der Waals surface area contributed by atoms with Crippen LogP contribution in [0.2, 0.25) is 0 Å². The standard InChI is InChI=1S/C16H17NO4/c1-19-11-12-20-16(18)17-13-7-9-15(10-8-13)21-14-5-3-2-4-6-14/h2-10H,11-12H2,1H3,(H,17,18). The van der Waals surface area contributed by atoms with Crippen LogP contribution in [-0.2, 0) is 9.47 Å². The van der Waals surface area contributed by atoms with E-state index < -0.39 is 6.09 Å². The maximum atomic E-state index is 11.4. The normalized spacial score (nSPS) is 9.95. The number of hydrogen-bond acceptors (Lipinski definition) is 4. The van der Waals surface area contributed by atoms with Crippen LogP contribution in [0.5, 0.6) is 11.5 Å². The van der Waals surface area contributed by atoms with Gasteiger partial charge in [-0.2, -0.15) is 0 Å². The first-order chi connectivity index (χ1) is 10.3. The molecule has 1 N–H and O–H groups in total. The highest BCUT2D eigenvalue weighted by atomic mass is 16.6. The number of hydrogen-bond donors (Lipinski definition) is 1. The van der Waals surface area contributed by atoms with Crippen LogP contribution in [0.4, 0.5) is 10.5 Å². The molecular weight excluding hydrogens is 270 g/mol. The first kappa shape index (κ1) is 14.9. The molecule has 0 saturated heterocycles. The SMILES string of the molecule is COCCOC(=O)Nc1ccc(Oc2ccccc2)cc1. The van der Waals surface area contributed by atoms with E-state index in [1.165, 1.54) is 0 Å². The van der Waals surface area contributed by atoms with Crippen LogP contribution < -0.4 is 10.1 Å². The smallest absolute Gasteiger partial charge is 0.411 e. The van der Waals surface area contributed by atoms with Crippen molar-refractivity contribution in [1.82, 2.24) is 0 Å². The minimum atomic E-state index is -0.510. The van der Waals surface area contributed by atoms with E-state index in [0.29, 0.717) is 18.0 Å². The molecule has 0 atom stereocenters. The van der Waals surface area contributed by atoms with Gasteiger partial charge in [0, 0.05) is 12.8 Å². The van der Waals surface area contributed by atoms with Crippen LogP contribution in [0.15, 0.2) is 54.6 Å². The summed E-state index contributed by atoms with van der Waals surface area (Å²) in [4.78, 5) is 11.4. The number of para-hydroxylation sites is 1. The van der Waals surface area contributed by atoms with Crippen molar-refractivity contribution in [2.75, 3.05) is 25.6 Å². The molecule has 0 fully saturated rings. The van der Waals surface area contributed by atoms with E-state index in [0.717, 1.165) is 5.75 Å². The number of methoxy groups -OCH3 is 1. The zero-order valence-electron chi connectivity index (χ0n) is 11.7. The van der Waals surface area contributed by atoms with E-state index >= 15 is 0 Å². The van der Waals surface area contributed by atoms with E-state index in [2.05, 4.69) is 5.32 Å². The lowest BCUT2D eigenvalue weighted by atomic mass is 10.3. The van der Waals surface area contributed by atoms with Crippen LogP contribution in [0, 0.1) is 0 Å². The molecule has 0 saturated carbocycles. The maximum Gasteiger partial charge on any atom is 0.411 e. The first-order valence-electron chi connectivity index (χ1n) is 6.53. The largest absolute Gasteiger partial charge is 0.457 e. The molecule has 0 aromatic heterocycles. The third-order valence-corrected chi connectivity index (χ3v) is 2.60. The van der Waals surface area contributed by atoms with Gasteiger partial charge in [-0.1, -0.05) is 18.2 Å². The summed E-state index contributed by atoms with van der Waals surface area (Å²) in [6, 6.07) is 16.5. The molecule has 5 nitrogen and oxygen atoms in total. The van der Waals surface area contributed by atoms with Crippen molar-refractivity contribution in [2.45, 2.75) is 0 Å². The van der Waals surface area contributed by atoms with Crippen LogP contribution in [0.1, 0.15) is 0 Å². The summed E-state index contributed by atoms with van der Waals surface area (Å²) in [5, 5.41) is 2.62. The Bertz CT molecular complexity index is 554. The van der Waals surface area contributed by atoms with Crippen LogP contribution in [0.25, 0.3) is 0 Å². The van der Waals surface area contributed by atoms with E-state index in [9.17, 15) is 4.79 Å². The lowest BCUT2D eigenvalue weighted by molar-refractivity contribution is 0.107. The first-order valence-corrected chi connectivity index (χ1v) is 6.53. The Morgan fingerprint density at radius 2 is 1.62 bits per heavy atom. The van der Waals surface area contributed by atoms with Gasteiger partial charge < -0.3 is 14.2 Å². The molecule has 21 heavy (non-hydrogen) atoms. The highest BCUT2D eigenvalue weighted by molar-refractivity contribution is 5.84. The minimum absolute atomic E-state index is 0.220. The molecule has 0 aliphatic heterocycles. The number of benzene rings is 2. The fourth-order valence-corrected chi connectivity index (χ4v) is 1.60. The van der Waals surface area contributed by atoms with Gasteiger partial charge in [0.25, 0.3) is 0 Å². The monoisotopic (exact) mass is 287 g/mol. The van der Waals surface area contributed by atoms with Gasteiger partial charge in [0.1, 0.15) is 18.1 Å². The number of nitrogens with one attached hydrogen (secondary N) is 1. The highest BCUT2D eigenvalue weighted by Crippen LogP contribution is 2.22. The second kappa shape index (κ2) is 7.91. The molecule has 0 aliphatic rings. The van der Waals surface area contributed by atoms with Crippen molar-refractivity contribution < 1.29 is 19.0 Å². The lowest BCUT2D eigenvalue weighted by Crippen LogP contribution is -2.16. The Labute approximate surface area is 123 Å². The predicted molar refractivity (Wildman–Crippen MR) is 79.8 cm³/mol. The fraction of sp³-hybridized carbons (Fsp3) is 0.188. The van der Waals surface area contributed by atoms with Crippen molar-refractivity contribution in [3.05, 3.63) is 54.6 Å². The van der Waals surface area contributed by atoms with Crippen LogP contribution >= 0.6 is 0 Å². The summed E-state index contributed by atoms with van der Waals surface area (Å²) < 4.78 is 15.4. The predicted octanol–water partition coefficient (Wildman–Crippen LogP) is 3.67. The van der Waals surface area contributed by atoms with Gasteiger partial charge in [-0.15, -0.1) is 0 Å². The van der Waals surface area contributed by atoms with Crippen molar-refractivity contribution >= 4 is 11.8 Å². The van der Waals surface area contributed by atoms with Gasteiger partial charge in [0.15, 0.2) is 0 Å². The maximum absolute atomic E-state index is 11.4. The molecule has 0 radical (unpaired) electrons. The lowest BCUT2D eigenvalue weighted by Gasteiger charge is -2.08. The molecule has 2 aromatic carbocycles. The van der Waals surface area contributed by atoms with Crippen LogP contribution in [0.3, 0.4) is 0 Å². The molecule has 110 valence electrons. The molecule has 2 rings (SSSR count). The summed E-state index contributed by atoms with van der Waals surface area (Å²) in [7, 11) is 1.55. The van der Waals surface area contributed by atoms with Gasteiger partial charge in [-0.25, -0.2) is 4.79 Å². The Balaban J connectivity index is 1.85. The fourth-order valence-electron chi connectivity index (χ4n) is 1.60. The number of anilines is 1. The van der Waals surface area contributed by atoms with E-state index in [4.69, 9.17) is 14.2 Å². The van der Waals surface area contributed by atoms with Crippen LogP contribution in [-0.4, -0.2) is 26.4 Å².